The number of ether oxygens (including phenoxy) is 1. The Balaban J connectivity index is 2.10. The number of carboxylic acids is 1. The fraction of sp³-hybridized carbons (Fsp3) is 0.346. The first kappa shape index (κ1) is 28.5. The van der Waals surface area contributed by atoms with E-state index in [1.165, 1.54) is 0 Å². The second-order valence-electron chi connectivity index (χ2n) is 8.58. The lowest BCUT2D eigenvalue weighted by Gasteiger charge is -2.36. The molecular formula is C26H29ClN2O7S. The van der Waals surface area contributed by atoms with Crippen LogP contribution in [0.3, 0.4) is 0 Å². The molecular weight excluding hydrogens is 520 g/mol. The number of carboxylic acid groups (broad SMARTS) is 1. The van der Waals surface area contributed by atoms with Gasteiger partial charge in [0.1, 0.15) is 5.25 Å². The lowest BCUT2D eigenvalue weighted by molar-refractivity contribution is 0.0696. The molecule has 37 heavy (non-hydrogen) atoms. The minimum absolute atomic E-state index is 0.0382. The first-order chi connectivity index (χ1) is 17.5. The van der Waals surface area contributed by atoms with E-state index in [4.69, 9.17) is 31.4 Å². The third kappa shape index (κ3) is 6.10. The maximum atomic E-state index is 13.6. The van der Waals surface area contributed by atoms with E-state index in [1.807, 2.05) is 32.0 Å². The van der Waals surface area contributed by atoms with Crippen molar-refractivity contribution in [1.29, 1.82) is 0 Å². The number of nitrogens with two attached hydrogens (primary N) is 1. The van der Waals surface area contributed by atoms with Gasteiger partial charge in [-0.05, 0) is 49.1 Å². The molecule has 11 heteroatoms. The second kappa shape index (κ2) is 12.0. The molecule has 198 valence electrons. The van der Waals surface area contributed by atoms with Gasteiger partial charge in [0.15, 0.2) is 0 Å². The average Bonchev–Trinajstić information content (AvgIpc) is 2.86. The molecule has 0 saturated carbocycles. The minimum Gasteiger partial charge on any atom is -0.478 e. The summed E-state index contributed by atoms with van der Waals surface area (Å²) in [4.78, 5) is 27.7. The molecule has 1 aliphatic carbocycles. The topological polar surface area (TPSA) is 146 Å². The summed E-state index contributed by atoms with van der Waals surface area (Å²) in [6, 6.07) is 8.37. The van der Waals surface area contributed by atoms with E-state index in [0.717, 1.165) is 35.2 Å². The summed E-state index contributed by atoms with van der Waals surface area (Å²) in [6.45, 7) is 5.84. The Labute approximate surface area is 221 Å². The van der Waals surface area contributed by atoms with Crippen molar-refractivity contribution in [3.8, 4) is 0 Å². The van der Waals surface area contributed by atoms with Gasteiger partial charge < -0.3 is 19.8 Å². The Morgan fingerprint density at radius 3 is 2.41 bits per heavy atom. The highest BCUT2D eigenvalue weighted by atomic mass is 35.5. The molecule has 1 heterocycles. The molecule has 2 aromatic rings. The Morgan fingerprint density at radius 1 is 1.11 bits per heavy atom. The maximum Gasteiger partial charge on any atom is 0.355 e. The lowest BCUT2D eigenvalue weighted by atomic mass is 9.74. The van der Waals surface area contributed by atoms with E-state index >= 15 is 0 Å². The quantitative estimate of drug-likeness (QED) is 0.254. The van der Waals surface area contributed by atoms with Crippen LogP contribution < -0.4 is 5.73 Å². The number of aromatic nitrogens is 1. The van der Waals surface area contributed by atoms with Gasteiger partial charge in [0.2, 0.25) is 0 Å². The minimum atomic E-state index is -4.58. The molecule has 9 nitrogen and oxygen atoms in total. The van der Waals surface area contributed by atoms with Crippen molar-refractivity contribution in [3.05, 3.63) is 86.7 Å². The number of nitrogens with zero attached hydrogens (tertiary/aromatic N) is 1. The van der Waals surface area contributed by atoms with Gasteiger partial charge in [-0.2, -0.15) is 8.42 Å². The average molecular weight is 549 g/mol. The van der Waals surface area contributed by atoms with Crippen molar-refractivity contribution in [2.45, 2.75) is 38.4 Å². The van der Waals surface area contributed by atoms with E-state index in [1.54, 1.807) is 13.0 Å². The molecule has 2 atom stereocenters. The van der Waals surface area contributed by atoms with Crippen molar-refractivity contribution in [2.75, 3.05) is 19.8 Å². The molecule has 0 saturated heterocycles. The van der Waals surface area contributed by atoms with Gasteiger partial charge in [0.05, 0.1) is 24.3 Å². The van der Waals surface area contributed by atoms with Crippen LogP contribution in [-0.4, -0.2) is 55.5 Å². The lowest BCUT2D eigenvalue weighted by Crippen LogP contribution is -2.36. The smallest absolute Gasteiger partial charge is 0.355 e. The number of benzene rings is 1. The molecule has 0 aliphatic heterocycles. The first-order valence-electron chi connectivity index (χ1n) is 11.6. The van der Waals surface area contributed by atoms with E-state index in [-0.39, 0.29) is 36.8 Å². The first-order valence-corrected chi connectivity index (χ1v) is 13.5. The SMILES string of the molecule is CCC1=C(COCCN)C(S(=O)(=O)OC(=O)c2cncc(C(=O)O)c2)C(C)=C(C)C1c1ccccc1Cl. The number of rotatable bonds is 10. The summed E-state index contributed by atoms with van der Waals surface area (Å²) in [5.74, 6) is -2.82. The molecule has 1 aliphatic rings. The molecule has 0 amide bonds. The van der Waals surface area contributed by atoms with Crippen LogP contribution >= 0.6 is 11.6 Å². The Hall–Kier alpha value is -3.05. The van der Waals surface area contributed by atoms with Crippen molar-refractivity contribution < 1.29 is 32.0 Å². The van der Waals surface area contributed by atoms with Crippen LogP contribution in [0.5, 0.6) is 0 Å². The highest BCUT2D eigenvalue weighted by Crippen LogP contribution is 2.46. The molecule has 3 N–H and O–H groups in total. The van der Waals surface area contributed by atoms with Gasteiger partial charge in [-0.15, -0.1) is 0 Å². The van der Waals surface area contributed by atoms with Gasteiger partial charge in [-0.25, -0.2) is 9.59 Å². The van der Waals surface area contributed by atoms with Crippen molar-refractivity contribution >= 4 is 33.7 Å². The highest BCUT2D eigenvalue weighted by Gasteiger charge is 2.42. The molecule has 2 unspecified atom stereocenters. The zero-order chi connectivity index (χ0) is 27.3. The van der Waals surface area contributed by atoms with Gasteiger partial charge >= 0.3 is 22.1 Å². The second-order valence-corrected chi connectivity index (χ2v) is 10.6. The molecule has 1 aromatic carbocycles. The van der Waals surface area contributed by atoms with E-state index in [9.17, 15) is 18.0 Å². The summed E-state index contributed by atoms with van der Waals surface area (Å²) in [6.07, 6.45) is 2.58. The summed E-state index contributed by atoms with van der Waals surface area (Å²) in [7, 11) is -4.58. The predicted octanol–water partition coefficient (Wildman–Crippen LogP) is 4.10. The third-order valence-electron chi connectivity index (χ3n) is 6.34. The molecule has 0 fully saturated rings. The Morgan fingerprint density at radius 2 is 1.78 bits per heavy atom. The number of hydrogen-bond donors (Lipinski definition) is 2. The van der Waals surface area contributed by atoms with Gasteiger partial charge in [-0.3, -0.25) is 4.98 Å². The summed E-state index contributed by atoms with van der Waals surface area (Å²) < 4.78 is 37.9. The standard InChI is InChI=1S/C26H29ClN2O7S/c1-4-19-21(14-35-10-9-28)24(16(3)15(2)23(19)20-7-5-6-8-22(20)27)37(33,34)36-26(32)18-11-17(25(30)31)12-29-13-18/h5-8,11-13,23-24H,4,9-10,14,28H2,1-3H3,(H,30,31). The zero-order valence-corrected chi connectivity index (χ0v) is 22.3. The normalized spacial score (nSPS) is 18.2. The van der Waals surface area contributed by atoms with Crippen LogP contribution in [0, 0.1) is 0 Å². The highest BCUT2D eigenvalue weighted by molar-refractivity contribution is 7.88. The van der Waals surface area contributed by atoms with Crippen LogP contribution in [0.4, 0.5) is 0 Å². The van der Waals surface area contributed by atoms with E-state index < -0.39 is 27.3 Å². The van der Waals surface area contributed by atoms with Crippen LogP contribution in [0.2, 0.25) is 5.02 Å². The largest absolute Gasteiger partial charge is 0.478 e. The summed E-state index contributed by atoms with van der Waals surface area (Å²) in [5, 5.41) is 8.42. The fourth-order valence-corrected chi connectivity index (χ4v) is 6.40. The number of halogens is 1. The Kier molecular flexibility index (Phi) is 9.25. The number of pyridine rings is 1. The monoisotopic (exact) mass is 548 g/mol. The van der Waals surface area contributed by atoms with E-state index in [2.05, 4.69) is 4.98 Å². The number of allylic oxidation sites excluding steroid dienone is 2. The van der Waals surface area contributed by atoms with Crippen molar-refractivity contribution in [3.63, 3.8) is 0 Å². The molecule has 3 rings (SSSR count). The fourth-order valence-electron chi connectivity index (χ4n) is 4.57. The summed E-state index contributed by atoms with van der Waals surface area (Å²) >= 11 is 6.54. The van der Waals surface area contributed by atoms with Crippen LogP contribution in [-0.2, 0) is 19.0 Å². The summed E-state index contributed by atoms with van der Waals surface area (Å²) in [5.41, 5.74) is 8.34. The molecule has 0 bridgehead atoms. The number of carbonyl (C=O) groups is 2. The third-order valence-corrected chi connectivity index (χ3v) is 8.29. The molecule has 0 radical (unpaired) electrons. The van der Waals surface area contributed by atoms with E-state index in [0.29, 0.717) is 22.6 Å². The van der Waals surface area contributed by atoms with Crippen LogP contribution in [0.25, 0.3) is 0 Å². The molecule has 0 spiro atoms. The molecule has 1 aromatic heterocycles. The number of hydrogen-bond acceptors (Lipinski definition) is 8. The Bertz CT molecular complexity index is 1370. The number of carbonyl (C=O) groups excluding carboxylic acids is 1. The van der Waals surface area contributed by atoms with Crippen LogP contribution in [0.15, 0.2) is 65.0 Å². The van der Waals surface area contributed by atoms with Gasteiger partial charge in [-0.1, -0.05) is 47.9 Å². The van der Waals surface area contributed by atoms with Gasteiger partial charge in [0, 0.05) is 29.9 Å². The van der Waals surface area contributed by atoms with Crippen molar-refractivity contribution in [1.82, 2.24) is 4.98 Å². The maximum absolute atomic E-state index is 13.6. The van der Waals surface area contributed by atoms with Gasteiger partial charge in [0.25, 0.3) is 0 Å². The number of aromatic carboxylic acids is 1. The zero-order valence-electron chi connectivity index (χ0n) is 20.7. The van der Waals surface area contributed by atoms with Crippen molar-refractivity contribution in [2.24, 2.45) is 5.73 Å². The predicted molar refractivity (Wildman–Crippen MR) is 139 cm³/mol. The van der Waals surface area contributed by atoms with Crippen LogP contribution in [0.1, 0.15) is 59.4 Å².